The second kappa shape index (κ2) is 8.70. The minimum absolute atomic E-state index is 0.0902. The van der Waals surface area contributed by atoms with Crippen molar-refractivity contribution in [1.29, 1.82) is 0 Å². The van der Waals surface area contributed by atoms with E-state index in [0.29, 0.717) is 31.1 Å². The highest BCUT2D eigenvalue weighted by Gasteiger charge is 2.29. The van der Waals surface area contributed by atoms with Gasteiger partial charge in [-0.2, -0.15) is 4.31 Å². The van der Waals surface area contributed by atoms with E-state index in [1.807, 2.05) is 11.8 Å². The van der Waals surface area contributed by atoms with Gasteiger partial charge in [0, 0.05) is 25.7 Å². The van der Waals surface area contributed by atoms with Crippen LogP contribution in [0.5, 0.6) is 0 Å². The maximum Gasteiger partial charge on any atom is 0.261 e. The molecule has 2 aromatic rings. The molecule has 4 rings (SSSR count). The number of hydrogen-bond acceptors (Lipinski definition) is 5. The van der Waals surface area contributed by atoms with Crippen molar-refractivity contribution in [2.45, 2.75) is 63.4 Å². The second-order valence-electron chi connectivity index (χ2n) is 8.88. The summed E-state index contributed by atoms with van der Waals surface area (Å²) in [4.78, 5) is 32.0. The van der Waals surface area contributed by atoms with E-state index in [1.54, 1.807) is 6.07 Å². The maximum absolute atomic E-state index is 13.1. The van der Waals surface area contributed by atoms with Crippen molar-refractivity contribution >= 4 is 26.8 Å². The van der Waals surface area contributed by atoms with Crippen LogP contribution in [0.3, 0.4) is 0 Å². The molecule has 2 aliphatic rings. The Balaban J connectivity index is 1.63. The van der Waals surface area contributed by atoms with Crippen LogP contribution in [0.25, 0.3) is 10.9 Å². The Morgan fingerprint density at radius 2 is 1.84 bits per heavy atom. The number of rotatable bonds is 4. The lowest BCUT2D eigenvalue weighted by atomic mass is 10.0. The van der Waals surface area contributed by atoms with Crippen LogP contribution in [0, 0.1) is 5.92 Å². The van der Waals surface area contributed by atoms with E-state index in [0.717, 1.165) is 32.1 Å². The lowest BCUT2D eigenvalue weighted by Gasteiger charge is -2.33. The number of aromatic nitrogens is 2. The third-order valence-electron chi connectivity index (χ3n) is 6.60. The van der Waals surface area contributed by atoms with Crippen LogP contribution in [0.1, 0.15) is 46.0 Å². The monoisotopic (exact) mass is 446 g/mol. The fraction of sp³-hybridized carbons (Fsp3) is 0.591. The SMILES string of the molecule is CC1CCN(S(=O)(=O)c2ccc3ncn(CC(=O)N4CCCCC4C)c(=O)c3c2)CC1. The van der Waals surface area contributed by atoms with E-state index in [1.165, 1.54) is 27.3 Å². The molecule has 1 aromatic carbocycles. The van der Waals surface area contributed by atoms with Crippen LogP contribution in [0.2, 0.25) is 0 Å². The van der Waals surface area contributed by atoms with Gasteiger partial charge in [0.15, 0.2) is 0 Å². The molecule has 1 aromatic heterocycles. The maximum atomic E-state index is 13.1. The van der Waals surface area contributed by atoms with E-state index in [2.05, 4.69) is 11.9 Å². The van der Waals surface area contributed by atoms with Gasteiger partial charge in [0.25, 0.3) is 5.56 Å². The molecule has 2 aliphatic heterocycles. The zero-order chi connectivity index (χ0) is 22.2. The summed E-state index contributed by atoms with van der Waals surface area (Å²) in [6.07, 6.45) is 6.08. The number of fused-ring (bicyclic) bond motifs is 1. The Bertz CT molecular complexity index is 1140. The minimum atomic E-state index is -3.67. The molecule has 168 valence electrons. The Labute approximate surface area is 182 Å². The number of sulfonamides is 1. The molecular weight excluding hydrogens is 416 g/mol. The predicted octanol–water partition coefficient (Wildman–Crippen LogP) is 2.22. The molecular formula is C22H30N4O4S. The molecule has 1 amide bonds. The Morgan fingerprint density at radius 3 is 2.55 bits per heavy atom. The van der Waals surface area contributed by atoms with Crippen LogP contribution < -0.4 is 5.56 Å². The lowest BCUT2D eigenvalue weighted by molar-refractivity contribution is -0.135. The minimum Gasteiger partial charge on any atom is -0.338 e. The Kier molecular flexibility index (Phi) is 6.16. The smallest absolute Gasteiger partial charge is 0.261 e. The molecule has 0 spiro atoms. The van der Waals surface area contributed by atoms with Gasteiger partial charge < -0.3 is 4.90 Å². The highest BCUT2D eigenvalue weighted by molar-refractivity contribution is 7.89. The second-order valence-corrected chi connectivity index (χ2v) is 10.8. The number of benzene rings is 1. The average Bonchev–Trinajstić information content (AvgIpc) is 2.76. The molecule has 0 N–H and O–H groups in total. The number of piperidine rings is 2. The first-order valence-corrected chi connectivity index (χ1v) is 12.5. The van der Waals surface area contributed by atoms with Gasteiger partial charge in [0.2, 0.25) is 15.9 Å². The summed E-state index contributed by atoms with van der Waals surface area (Å²) in [7, 11) is -3.67. The largest absolute Gasteiger partial charge is 0.338 e. The zero-order valence-electron chi connectivity index (χ0n) is 18.2. The fourth-order valence-electron chi connectivity index (χ4n) is 4.49. The zero-order valence-corrected chi connectivity index (χ0v) is 19.0. The van der Waals surface area contributed by atoms with Crippen molar-refractivity contribution in [1.82, 2.24) is 18.8 Å². The quantitative estimate of drug-likeness (QED) is 0.718. The number of likely N-dealkylation sites (tertiary alicyclic amines) is 1. The van der Waals surface area contributed by atoms with E-state index in [9.17, 15) is 18.0 Å². The fourth-order valence-corrected chi connectivity index (χ4v) is 5.99. The summed E-state index contributed by atoms with van der Waals surface area (Å²) in [5.74, 6) is 0.404. The molecule has 1 unspecified atom stereocenters. The number of nitrogens with zero attached hydrogens (tertiary/aromatic N) is 4. The predicted molar refractivity (Wildman–Crippen MR) is 118 cm³/mol. The van der Waals surface area contributed by atoms with Crippen LogP contribution in [0.15, 0.2) is 34.2 Å². The van der Waals surface area contributed by atoms with Crippen LogP contribution >= 0.6 is 0 Å². The molecule has 8 nitrogen and oxygen atoms in total. The van der Waals surface area contributed by atoms with Gasteiger partial charge >= 0.3 is 0 Å². The van der Waals surface area contributed by atoms with E-state index in [-0.39, 0.29) is 28.8 Å². The molecule has 1 atom stereocenters. The lowest BCUT2D eigenvalue weighted by Crippen LogP contribution is -2.44. The molecule has 0 radical (unpaired) electrons. The molecule has 3 heterocycles. The first kappa shape index (κ1) is 22.0. The molecule has 2 fully saturated rings. The van der Waals surface area contributed by atoms with Crippen molar-refractivity contribution in [2.24, 2.45) is 5.92 Å². The third-order valence-corrected chi connectivity index (χ3v) is 8.50. The number of carbonyl (C=O) groups is 1. The first-order valence-electron chi connectivity index (χ1n) is 11.1. The molecule has 9 heteroatoms. The number of hydrogen-bond donors (Lipinski definition) is 0. The van der Waals surface area contributed by atoms with Crippen molar-refractivity contribution < 1.29 is 13.2 Å². The van der Waals surface area contributed by atoms with Crippen molar-refractivity contribution in [3.8, 4) is 0 Å². The summed E-state index contributed by atoms with van der Waals surface area (Å²) in [6, 6.07) is 4.64. The van der Waals surface area contributed by atoms with Crippen molar-refractivity contribution in [2.75, 3.05) is 19.6 Å². The molecule has 0 saturated carbocycles. The Hall–Kier alpha value is -2.26. The van der Waals surface area contributed by atoms with Crippen molar-refractivity contribution in [3.05, 3.63) is 34.9 Å². The van der Waals surface area contributed by atoms with Gasteiger partial charge in [-0.15, -0.1) is 0 Å². The number of amides is 1. The summed E-state index contributed by atoms with van der Waals surface area (Å²) >= 11 is 0. The molecule has 31 heavy (non-hydrogen) atoms. The van der Waals surface area contributed by atoms with Gasteiger partial charge in [-0.25, -0.2) is 13.4 Å². The summed E-state index contributed by atoms with van der Waals surface area (Å²) in [6.45, 7) is 5.74. The van der Waals surface area contributed by atoms with Gasteiger partial charge in [-0.3, -0.25) is 14.2 Å². The average molecular weight is 447 g/mol. The standard InChI is InChI=1S/C22H30N4O4S/c1-16-8-11-25(12-9-16)31(29,30)18-6-7-20-19(13-18)22(28)24(15-23-20)14-21(27)26-10-4-3-5-17(26)2/h6-7,13,15-17H,3-5,8-12,14H2,1-2H3. The number of carbonyl (C=O) groups excluding carboxylic acids is 1. The highest BCUT2D eigenvalue weighted by atomic mass is 32.2. The molecule has 0 bridgehead atoms. The van der Waals surface area contributed by atoms with E-state index in [4.69, 9.17) is 0 Å². The summed E-state index contributed by atoms with van der Waals surface area (Å²) in [5, 5.41) is 0.216. The Morgan fingerprint density at radius 1 is 1.10 bits per heavy atom. The topological polar surface area (TPSA) is 92.6 Å². The molecule has 0 aliphatic carbocycles. The van der Waals surface area contributed by atoms with E-state index >= 15 is 0 Å². The van der Waals surface area contributed by atoms with Crippen molar-refractivity contribution in [3.63, 3.8) is 0 Å². The summed E-state index contributed by atoms with van der Waals surface area (Å²) < 4.78 is 29.0. The first-order chi connectivity index (χ1) is 14.8. The van der Waals surface area contributed by atoms with Gasteiger partial charge in [-0.1, -0.05) is 6.92 Å². The van der Waals surface area contributed by atoms with Gasteiger partial charge in [0.1, 0.15) is 6.54 Å². The van der Waals surface area contributed by atoms with E-state index < -0.39 is 15.6 Å². The molecule has 2 saturated heterocycles. The third kappa shape index (κ3) is 4.39. The van der Waals surface area contributed by atoms with Gasteiger partial charge in [0.05, 0.1) is 22.1 Å². The van der Waals surface area contributed by atoms with Gasteiger partial charge in [-0.05, 0) is 63.1 Å². The normalized spacial score (nSPS) is 21.5. The summed E-state index contributed by atoms with van der Waals surface area (Å²) in [5.41, 5.74) is 0.0265. The highest BCUT2D eigenvalue weighted by Crippen LogP contribution is 2.25. The van der Waals surface area contributed by atoms with Crippen LogP contribution in [0.4, 0.5) is 0 Å². The van der Waals surface area contributed by atoms with Crippen LogP contribution in [-0.4, -0.2) is 58.8 Å². The van der Waals surface area contributed by atoms with Crippen LogP contribution in [-0.2, 0) is 21.4 Å².